The zero-order chi connectivity index (χ0) is 11.4. The smallest absolute Gasteiger partial charge is 0.382 e. The third kappa shape index (κ3) is 1.57. The molecule has 1 fully saturated rings. The van der Waals surface area contributed by atoms with E-state index in [1.54, 1.807) is 17.8 Å². The van der Waals surface area contributed by atoms with Crippen molar-refractivity contribution in [3.05, 3.63) is 23.8 Å². The molecule has 1 saturated carbocycles. The second-order valence-corrected chi connectivity index (χ2v) is 5.83. The Labute approximate surface area is 95.4 Å². The highest BCUT2D eigenvalue weighted by Gasteiger charge is 2.47. The van der Waals surface area contributed by atoms with Crippen LogP contribution in [0.3, 0.4) is 0 Å². The molecule has 1 nitrogen and oxygen atoms in total. The molecule has 0 bridgehead atoms. The lowest BCUT2D eigenvalue weighted by molar-refractivity contribution is -0.137. The lowest BCUT2D eigenvalue weighted by Gasteiger charge is -2.27. The van der Waals surface area contributed by atoms with Gasteiger partial charge in [0.25, 0.3) is 0 Å². The van der Waals surface area contributed by atoms with Gasteiger partial charge in [-0.1, -0.05) is 6.07 Å². The van der Waals surface area contributed by atoms with Gasteiger partial charge in [0.15, 0.2) is 0 Å². The molecule has 1 N–H and O–H groups in total. The Bertz CT molecular complexity index is 437. The van der Waals surface area contributed by atoms with E-state index < -0.39 is 11.7 Å². The fraction of sp³-hybridized carbons (Fsp3) is 0.455. The number of hydrogen-bond donors (Lipinski definition) is 1. The molecule has 1 aliphatic carbocycles. The molecule has 0 amide bonds. The molecule has 1 aromatic rings. The fourth-order valence-electron chi connectivity index (χ4n) is 1.97. The van der Waals surface area contributed by atoms with Crippen LogP contribution in [0.25, 0.3) is 0 Å². The lowest BCUT2D eigenvalue weighted by atomic mass is 10.1. The van der Waals surface area contributed by atoms with Crippen molar-refractivity contribution in [2.75, 3.05) is 11.9 Å². The number of nitrogens with one attached hydrogen (secondary N) is 1. The van der Waals surface area contributed by atoms with Crippen LogP contribution in [0.5, 0.6) is 0 Å². The number of thioether (sulfide) groups is 1. The van der Waals surface area contributed by atoms with Crippen LogP contribution < -0.4 is 5.32 Å². The molecule has 1 aliphatic heterocycles. The van der Waals surface area contributed by atoms with E-state index in [1.165, 1.54) is 6.07 Å². The highest BCUT2D eigenvalue weighted by molar-refractivity contribution is 8.01. The normalized spacial score (nSPS) is 21.4. The Morgan fingerprint density at radius 3 is 2.62 bits per heavy atom. The van der Waals surface area contributed by atoms with Gasteiger partial charge < -0.3 is 5.32 Å². The predicted molar refractivity (Wildman–Crippen MR) is 57.8 cm³/mol. The van der Waals surface area contributed by atoms with Crippen LogP contribution in [-0.4, -0.2) is 11.3 Å². The van der Waals surface area contributed by atoms with Gasteiger partial charge >= 0.3 is 6.18 Å². The van der Waals surface area contributed by atoms with Crippen LogP contribution in [0.1, 0.15) is 18.4 Å². The van der Waals surface area contributed by atoms with Gasteiger partial charge in [0, 0.05) is 16.2 Å². The second-order valence-electron chi connectivity index (χ2n) is 4.32. The number of para-hydroxylation sites is 1. The van der Waals surface area contributed by atoms with E-state index in [9.17, 15) is 13.2 Å². The van der Waals surface area contributed by atoms with Gasteiger partial charge in [0.2, 0.25) is 0 Å². The van der Waals surface area contributed by atoms with Crippen LogP contribution in [0, 0.1) is 0 Å². The highest BCUT2D eigenvalue weighted by atomic mass is 32.2. The van der Waals surface area contributed by atoms with Gasteiger partial charge in [0.05, 0.1) is 11.3 Å². The van der Waals surface area contributed by atoms with Crippen LogP contribution in [0.15, 0.2) is 23.1 Å². The molecule has 0 saturated heterocycles. The summed E-state index contributed by atoms with van der Waals surface area (Å²) >= 11 is 1.59. The van der Waals surface area contributed by atoms with Gasteiger partial charge in [0.1, 0.15) is 0 Å². The van der Waals surface area contributed by atoms with Crippen molar-refractivity contribution in [1.29, 1.82) is 0 Å². The molecule has 3 rings (SSSR count). The minimum atomic E-state index is -4.27. The van der Waals surface area contributed by atoms with E-state index in [0.717, 1.165) is 23.8 Å². The molecule has 0 unspecified atom stereocenters. The van der Waals surface area contributed by atoms with Gasteiger partial charge in [-0.15, -0.1) is 11.8 Å². The number of anilines is 1. The maximum absolute atomic E-state index is 12.7. The first-order chi connectivity index (χ1) is 7.50. The Morgan fingerprint density at radius 1 is 1.25 bits per heavy atom. The van der Waals surface area contributed by atoms with Crippen molar-refractivity contribution in [3.63, 3.8) is 0 Å². The summed E-state index contributed by atoms with van der Waals surface area (Å²) in [4.78, 5) is 0.735. The largest absolute Gasteiger partial charge is 0.418 e. The van der Waals surface area contributed by atoms with Crippen LogP contribution in [0.2, 0.25) is 0 Å². The van der Waals surface area contributed by atoms with Crippen LogP contribution in [0.4, 0.5) is 18.9 Å². The van der Waals surface area contributed by atoms with E-state index in [1.807, 2.05) is 0 Å². The topological polar surface area (TPSA) is 12.0 Å². The maximum Gasteiger partial charge on any atom is 0.418 e. The summed E-state index contributed by atoms with van der Waals surface area (Å²) in [6, 6.07) is 4.39. The summed E-state index contributed by atoms with van der Waals surface area (Å²) in [5, 5.41) is 2.95. The molecule has 0 atom stereocenters. The first kappa shape index (κ1) is 10.3. The molecule has 5 heteroatoms. The molecule has 0 radical (unpaired) electrons. The van der Waals surface area contributed by atoms with Crippen molar-refractivity contribution in [2.24, 2.45) is 0 Å². The van der Waals surface area contributed by atoms with Gasteiger partial charge in [-0.05, 0) is 25.0 Å². The quantitative estimate of drug-likeness (QED) is 0.747. The Balaban J connectivity index is 2.04. The monoisotopic (exact) mass is 245 g/mol. The van der Waals surface area contributed by atoms with Crippen LogP contribution in [-0.2, 0) is 6.18 Å². The molecular weight excluding hydrogens is 235 g/mol. The second kappa shape index (κ2) is 3.09. The molecule has 1 spiro atoms. The zero-order valence-corrected chi connectivity index (χ0v) is 9.21. The number of fused-ring (bicyclic) bond motifs is 1. The van der Waals surface area contributed by atoms with E-state index in [-0.39, 0.29) is 10.4 Å². The standard InChI is InChI=1S/C11H10F3NS/c12-11(13,14)7-2-1-3-8-9(7)15-6-10(16-8)4-5-10/h1-3,15H,4-6H2. The number of benzene rings is 1. The minimum absolute atomic E-state index is 0.178. The first-order valence-corrected chi connectivity index (χ1v) is 5.95. The Hall–Kier alpha value is -0.840. The Kier molecular flexibility index (Phi) is 2.00. The predicted octanol–water partition coefficient (Wildman–Crippen LogP) is 3.76. The molecule has 1 heterocycles. The van der Waals surface area contributed by atoms with Crippen LogP contribution >= 0.6 is 11.8 Å². The lowest BCUT2D eigenvalue weighted by Crippen LogP contribution is -2.25. The summed E-state index contributed by atoms with van der Waals surface area (Å²) in [6.45, 7) is 0.651. The molecule has 1 aromatic carbocycles. The third-order valence-electron chi connectivity index (χ3n) is 3.05. The van der Waals surface area contributed by atoms with E-state index in [4.69, 9.17) is 0 Å². The van der Waals surface area contributed by atoms with Gasteiger partial charge in [-0.2, -0.15) is 13.2 Å². The number of rotatable bonds is 0. The zero-order valence-electron chi connectivity index (χ0n) is 8.40. The average molecular weight is 245 g/mol. The third-order valence-corrected chi connectivity index (χ3v) is 4.60. The SMILES string of the molecule is FC(F)(F)c1cccc2c1NCC1(CC1)S2. The van der Waals surface area contributed by atoms with Gasteiger partial charge in [-0.3, -0.25) is 0 Å². The summed E-state index contributed by atoms with van der Waals surface area (Å²) in [7, 11) is 0. The van der Waals surface area contributed by atoms with E-state index in [2.05, 4.69) is 5.32 Å². The average Bonchev–Trinajstić information content (AvgIpc) is 2.95. The number of hydrogen-bond acceptors (Lipinski definition) is 2. The van der Waals surface area contributed by atoms with Crippen molar-refractivity contribution >= 4 is 17.4 Å². The first-order valence-electron chi connectivity index (χ1n) is 5.13. The maximum atomic E-state index is 12.7. The molecule has 0 aromatic heterocycles. The van der Waals surface area contributed by atoms with Crippen molar-refractivity contribution < 1.29 is 13.2 Å². The number of halogens is 3. The van der Waals surface area contributed by atoms with Gasteiger partial charge in [-0.25, -0.2) is 0 Å². The molecule has 16 heavy (non-hydrogen) atoms. The molecule has 2 aliphatic rings. The molecule has 86 valence electrons. The highest BCUT2D eigenvalue weighted by Crippen LogP contribution is 2.57. The Morgan fingerprint density at radius 2 is 2.00 bits per heavy atom. The van der Waals surface area contributed by atoms with Crippen molar-refractivity contribution in [1.82, 2.24) is 0 Å². The number of alkyl halides is 3. The molecular formula is C11H10F3NS. The minimum Gasteiger partial charge on any atom is -0.382 e. The summed E-state index contributed by atoms with van der Waals surface area (Å²) < 4.78 is 38.4. The summed E-state index contributed by atoms with van der Waals surface area (Å²) in [5.74, 6) is 0. The summed E-state index contributed by atoms with van der Waals surface area (Å²) in [6.07, 6.45) is -2.08. The van der Waals surface area contributed by atoms with Crippen molar-refractivity contribution in [2.45, 2.75) is 28.7 Å². The van der Waals surface area contributed by atoms with Crippen molar-refractivity contribution in [3.8, 4) is 0 Å². The van der Waals surface area contributed by atoms with E-state index in [0.29, 0.717) is 6.54 Å². The fourth-order valence-corrected chi connectivity index (χ4v) is 3.32. The summed E-state index contributed by atoms with van der Waals surface area (Å²) in [5.41, 5.74) is -0.287. The van der Waals surface area contributed by atoms with E-state index >= 15 is 0 Å².